The summed E-state index contributed by atoms with van der Waals surface area (Å²) < 4.78 is 29.6. The molecule has 0 saturated carbocycles. The Morgan fingerprint density at radius 3 is 2.81 bits per heavy atom. The lowest BCUT2D eigenvalue weighted by Crippen LogP contribution is -2.11. The number of hydrogen-bond acceptors (Lipinski definition) is 4. The standard InChI is InChI=1S/C9H9ClF2N2O2/c1-2-16-9(15)5-6(10)4(7(11)12)3-14-8(5)13/h3,7H,2H2,1H3,(H2,13,14). The van der Waals surface area contributed by atoms with Crippen molar-refractivity contribution >= 4 is 23.4 Å². The fourth-order valence-corrected chi connectivity index (χ4v) is 1.37. The number of anilines is 1. The predicted octanol–water partition coefficient (Wildman–Crippen LogP) is 2.43. The second-order valence-electron chi connectivity index (χ2n) is 2.81. The molecule has 4 nitrogen and oxygen atoms in total. The van der Waals surface area contributed by atoms with Gasteiger partial charge < -0.3 is 10.5 Å². The van der Waals surface area contributed by atoms with Crippen molar-refractivity contribution < 1.29 is 18.3 Å². The van der Waals surface area contributed by atoms with Gasteiger partial charge in [0.2, 0.25) is 0 Å². The van der Waals surface area contributed by atoms with Crippen molar-refractivity contribution in [3.05, 3.63) is 22.3 Å². The van der Waals surface area contributed by atoms with Crippen LogP contribution in [0, 0.1) is 0 Å². The lowest BCUT2D eigenvalue weighted by Gasteiger charge is -2.09. The molecule has 0 atom stereocenters. The van der Waals surface area contributed by atoms with Crippen molar-refractivity contribution in [2.24, 2.45) is 0 Å². The van der Waals surface area contributed by atoms with Crippen LogP contribution in [0.2, 0.25) is 5.02 Å². The van der Waals surface area contributed by atoms with E-state index in [2.05, 4.69) is 9.72 Å². The third kappa shape index (κ3) is 2.38. The minimum absolute atomic E-state index is 0.0908. The highest BCUT2D eigenvalue weighted by Gasteiger charge is 2.23. The van der Waals surface area contributed by atoms with Gasteiger partial charge >= 0.3 is 5.97 Å². The van der Waals surface area contributed by atoms with Crippen LogP contribution in [0.3, 0.4) is 0 Å². The zero-order valence-electron chi connectivity index (χ0n) is 8.34. The van der Waals surface area contributed by atoms with Crippen molar-refractivity contribution in [2.75, 3.05) is 12.3 Å². The Kier molecular flexibility index (Phi) is 4.00. The van der Waals surface area contributed by atoms with Crippen molar-refractivity contribution in [3.63, 3.8) is 0 Å². The van der Waals surface area contributed by atoms with Crippen LogP contribution in [0.5, 0.6) is 0 Å². The quantitative estimate of drug-likeness (QED) is 0.837. The van der Waals surface area contributed by atoms with Gasteiger partial charge in [0.25, 0.3) is 6.43 Å². The summed E-state index contributed by atoms with van der Waals surface area (Å²) in [6.45, 7) is 1.67. The van der Waals surface area contributed by atoms with Crippen LogP contribution in [0.25, 0.3) is 0 Å². The highest BCUT2D eigenvalue weighted by molar-refractivity contribution is 6.35. The molecule has 1 rings (SSSR count). The van der Waals surface area contributed by atoms with Gasteiger partial charge in [0.1, 0.15) is 11.4 Å². The molecule has 0 bridgehead atoms. The molecule has 0 saturated heterocycles. The molecule has 1 heterocycles. The number of ether oxygens (including phenoxy) is 1. The van der Waals surface area contributed by atoms with Gasteiger partial charge in [-0.2, -0.15) is 0 Å². The van der Waals surface area contributed by atoms with Crippen LogP contribution in [-0.2, 0) is 4.74 Å². The Labute approximate surface area is 95.4 Å². The molecule has 0 aromatic carbocycles. The molecule has 0 spiro atoms. The van der Waals surface area contributed by atoms with Gasteiger partial charge in [0, 0.05) is 6.20 Å². The normalized spacial score (nSPS) is 10.6. The molecule has 88 valence electrons. The molecule has 7 heteroatoms. The largest absolute Gasteiger partial charge is 0.462 e. The van der Waals surface area contributed by atoms with E-state index in [4.69, 9.17) is 17.3 Å². The molecule has 1 aromatic rings. The van der Waals surface area contributed by atoms with Gasteiger partial charge in [-0.25, -0.2) is 18.6 Å². The molecule has 0 aliphatic heterocycles. The second kappa shape index (κ2) is 5.07. The molecule has 0 unspecified atom stereocenters. The summed E-state index contributed by atoms with van der Waals surface area (Å²) in [6.07, 6.45) is -1.99. The van der Waals surface area contributed by atoms with Crippen molar-refractivity contribution in [1.82, 2.24) is 4.98 Å². The van der Waals surface area contributed by atoms with E-state index in [-0.39, 0.29) is 18.0 Å². The van der Waals surface area contributed by atoms with Crippen LogP contribution in [0.15, 0.2) is 6.20 Å². The third-order valence-electron chi connectivity index (χ3n) is 1.79. The maximum absolute atomic E-state index is 12.5. The Morgan fingerprint density at radius 2 is 2.31 bits per heavy atom. The van der Waals surface area contributed by atoms with Gasteiger partial charge in [0.05, 0.1) is 17.2 Å². The van der Waals surface area contributed by atoms with Gasteiger partial charge in [-0.3, -0.25) is 0 Å². The highest BCUT2D eigenvalue weighted by Crippen LogP contribution is 2.31. The average Bonchev–Trinajstić information content (AvgIpc) is 2.17. The fraction of sp³-hybridized carbons (Fsp3) is 0.333. The number of nitrogens with zero attached hydrogens (tertiary/aromatic N) is 1. The Hall–Kier alpha value is -1.43. The first-order valence-electron chi connectivity index (χ1n) is 4.38. The summed E-state index contributed by atoms with van der Waals surface area (Å²) in [5, 5.41) is -0.416. The number of hydrogen-bond donors (Lipinski definition) is 1. The van der Waals surface area contributed by atoms with Crippen molar-refractivity contribution in [2.45, 2.75) is 13.3 Å². The maximum atomic E-state index is 12.5. The summed E-state index contributed by atoms with van der Waals surface area (Å²) in [5.41, 5.74) is 4.52. The second-order valence-corrected chi connectivity index (χ2v) is 3.19. The topological polar surface area (TPSA) is 65.2 Å². The molecule has 0 aliphatic carbocycles. The number of nitrogens with two attached hydrogens (primary N) is 1. The van der Waals surface area contributed by atoms with Crippen molar-refractivity contribution in [3.8, 4) is 0 Å². The molecule has 16 heavy (non-hydrogen) atoms. The molecular weight excluding hydrogens is 242 g/mol. The number of aromatic nitrogens is 1. The van der Waals surface area contributed by atoms with E-state index in [1.54, 1.807) is 6.92 Å². The molecule has 0 fully saturated rings. The molecule has 1 aromatic heterocycles. The van der Waals surface area contributed by atoms with Gasteiger partial charge in [0.15, 0.2) is 0 Å². The summed E-state index contributed by atoms with van der Waals surface area (Å²) in [7, 11) is 0. The number of halogens is 3. The van der Waals surface area contributed by atoms with E-state index in [1.807, 2.05) is 0 Å². The molecular formula is C9H9ClF2N2O2. The highest BCUT2D eigenvalue weighted by atomic mass is 35.5. The number of rotatable bonds is 3. The number of pyridine rings is 1. The summed E-state index contributed by atoms with van der Waals surface area (Å²) in [6, 6.07) is 0. The number of nitrogen functional groups attached to an aromatic ring is 1. The zero-order chi connectivity index (χ0) is 12.3. The lowest BCUT2D eigenvalue weighted by atomic mass is 10.2. The molecule has 0 amide bonds. The van der Waals surface area contributed by atoms with Crippen LogP contribution < -0.4 is 5.73 Å². The van der Waals surface area contributed by atoms with Crippen molar-refractivity contribution in [1.29, 1.82) is 0 Å². The van der Waals surface area contributed by atoms with Crippen LogP contribution in [0.1, 0.15) is 29.3 Å². The Morgan fingerprint density at radius 1 is 1.69 bits per heavy atom. The fourth-order valence-electron chi connectivity index (χ4n) is 1.07. The van der Waals surface area contributed by atoms with Gasteiger partial charge in [-0.1, -0.05) is 11.6 Å². The first kappa shape index (κ1) is 12.6. The average molecular weight is 251 g/mol. The molecule has 2 N–H and O–H groups in total. The van der Waals surface area contributed by atoms with E-state index in [0.29, 0.717) is 0 Å². The number of alkyl halides is 2. The smallest absolute Gasteiger partial charge is 0.343 e. The monoisotopic (exact) mass is 250 g/mol. The lowest BCUT2D eigenvalue weighted by molar-refractivity contribution is 0.0527. The number of carbonyl (C=O) groups is 1. The first-order chi connectivity index (χ1) is 7.49. The predicted molar refractivity (Wildman–Crippen MR) is 54.6 cm³/mol. The van der Waals surface area contributed by atoms with Gasteiger partial charge in [-0.05, 0) is 6.92 Å². The van der Waals surface area contributed by atoms with E-state index in [9.17, 15) is 13.6 Å². The third-order valence-corrected chi connectivity index (χ3v) is 2.19. The van der Waals surface area contributed by atoms with E-state index < -0.39 is 23.0 Å². The van der Waals surface area contributed by atoms with Gasteiger partial charge in [-0.15, -0.1) is 0 Å². The summed E-state index contributed by atoms with van der Waals surface area (Å²) in [5.74, 6) is -1.09. The maximum Gasteiger partial charge on any atom is 0.343 e. The zero-order valence-corrected chi connectivity index (χ0v) is 9.09. The summed E-state index contributed by atoms with van der Waals surface area (Å²) >= 11 is 5.64. The SMILES string of the molecule is CCOC(=O)c1c(N)ncc(C(F)F)c1Cl. The van der Waals surface area contributed by atoms with Crippen LogP contribution >= 0.6 is 11.6 Å². The first-order valence-corrected chi connectivity index (χ1v) is 4.76. The molecule has 0 aliphatic rings. The van der Waals surface area contributed by atoms with E-state index in [1.165, 1.54) is 0 Å². The van der Waals surface area contributed by atoms with Crippen LogP contribution in [-0.4, -0.2) is 17.6 Å². The molecule has 0 radical (unpaired) electrons. The van der Waals surface area contributed by atoms with E-state index in [0.717, 1.165) is 6.20 Å². The summed E-state index contributed by atoms with van der Waals surface area (Å²) in [4.78, 5) is 14.9. The number of esters is 1. The Bertz CT molecular complexity index is 413. The van der Waals surface area contributed by atoms with Crippen LogP contribution in [0.4, 0.5) is 14.6 Å². The van der Waals surface area contributed by atoms with E-state index >= 15 is 0 Å². The minimum atomic E-state index is -2.83. The number of carbonyl (C=O) groups excluding carboxylic acids is 1. The minimum Gasteiger partial charge on any atom is -0.462 e. The Balaban J connectivity index is 3.26.